The molecule has 3 nitrogen and oxygen atoms in total. The third-order valence-electron chi connectivity index (χ3n) is 2.85. The number of aliphatic hydroxyl groups excluding tert-OH is 1. The fourth-order valence-electron chi connectivity index (χ4n) is 2.04. The van der Waals surface area contributed by atoms with Crippen LogP contribution in [-0.2, 0) is 26.3 Å². The van der Waals surface area contributed by atoms with Crippen LogP contribution >= 0.6 is 0 Å². The lowest BCUT2D eigenvalue weighted by Crippen LogP contribution is -2.20. The summed E-state index contributed by atoms with van der Waals surface area (Å²) in [7, 11) is 2.04. The molecule has 0 saturated carbocycles. The van der Waals surface area contributed by atoms with Crippen molar-refractivity contribution in [3.05, 3.63) is 17.2 Å². The van der Waals surface area contributed by atoms with Crippen LogP contribution in [0.25, 0.3) is 0 Å². The van der Waals surface area contributed by atoms with Crippen molar-refractivity contribution in [3.8, 4) is 0 Å². The van der Waals surface area contributed by atoms with Crippen molar-refractivity contribution in [1.29, 1.82) is 0 Å². The second-order valence-corrected chi connectivity index (χ2v) is 3.73. The number of aromatic nitrogens is 2. The fraction of sp³-hybridized carbons (Fsp3) is 0.700. The van der Waals surface area contributed by atoms with Crippen LogP contribution in [0, 0.1) is 0 Å². The van der Waals surface area contributed by atoms with Crippen molar-refractivity contribution in [3.63, 3.8) is 0 Å². The molecule has 0 aliphatic heterocycles. The van der Waals surface area contributed by atoms with Gasteiger partial charge >= 0.3 is 0 Å². The lowest BCUT2D eigenvalue weighted by molar-refractivity contribution is 0.155. The molecule has 1 aromatic rings. The Balaban J connectivity index is 2.40. The van der Waals surface area contributed by atoms with Crippen molar-refractivity contribution in [1.82, 2.24) is 9.55 Å². The highest BCUT2D eigenvalue weighted by atomic mass is 16.3. The van der Waals surface area contributed by atoms with E-state index in [1.54, 1.807) is 0 Å². The van der Waals surface area contributed by atoms with Gasteiger partial charge in [0.15, 0.2) is 0 Å². The van der Waals surface area contributed by atoms with Gasteiger partial charge in [-0.25, -0.2) is 4.98 Å². The summed E-state index contributed by atoms with van der Waals surface area (Å²) in [6, 6.07) is 0. The van der Waals surface area contributed by atoms with E-state index in [0.717, 1.165) is 31.5 Å². The molecule has 0 fully saturated rings. The van der Waals surface area contributed by atoms with E-state index in [4.69, 9.17) is 0 Å². The van der Waals surface area contributed by atoms with Crippen LogP contribution in [0.5, 0.6) is 0 Å². The smallest absolute Gasteiger partial charge is 0.108 e. The number of hydrogen-bond donors (Lipinski definition) is 1. The standard InChI is InChI=1S/C10H16N2O/c1-3-10-11-8-5-4-7(13)6-9(8)12(10)2/h7,13H,3-6H2,1-2H3. The highest BCUT2D eigenvalue weighted by Crippen LogP contribution is 2.21. The summed E-state index contributed by atoms with van der Waals surface area (Å²) < 4.78 is 2.14. The van der Waals surface area contributed by atoms with Gasteiger partial charge in [0.2, 0.25) is 0 Å². The quantitative estimate of drug-likeness (QED) is 0.695. The number of rotatable bonds is 1. The lowest BCUT2D eigenvalue weighted by Gasteiger charge is -2.17. The molecule has 0 saturated heterocycles. The van der Waals surface area contributed by atoms with Gasteiger partial charge in [0.1, 0.15) is 5.82 Å². The molecule has 1 heterocycles. The SMILES string of the molecule is CCc1nc2c(n1C)CC(O)CC2. The molecule has 0 bridgehead atoms. The highest BCUT2D eigenvalue weighted by Gasteiger charge is 2.21. The van der Waals surface area contributed by atoms with Gasteiger partial charge in [-0.1, -0.05) is 6.92 Å². The van der Waals surface area contributed by atoms with Crippen molar-refractivity contribution in [2.45, 2.75) is 38.7 Å². The Morgan fingerprint density at radius 1 is 1.62 bits per heavy atom. The normalized spacial score (nSPS) is 21.6. The summed E-state index contributed by atoms with van der Waals surface area (Å²) >= 11 is 0. The van der Waals surface area contributed by atoms with Crippen LogP contribution in [0.15, 0.2) is 0 Å². The first kappa shape index (κ1) is 8.75. The molecule has 0 amide bonds. The predicted octanol–water partition coefficient (Wildman–Crippen LogP) is 0.832. The van der Waals surface area contributed by atoms with Gasteiger partial charge < -0.3 is 9.67 Å². The van der Waals surface area contributed by atoms with Crippen molar-refractivity contribution in [2.75, 3.05) is 0 Å². The summed E-state index contributed by atoms with van der Waals surface area (Å²) in [6.07, 6.45) is 3.39. The first-order valence-corrected chi connectivity index (χ1v) is 4.93. The summed E-state index contributed by atoms with van der Waals surface area (Å²) in [4.78, 5) is 4.56. The zero-order valence-corrected chi connectivity index (χ0v) is 8.25. The second kappa shape index (κ2) is 3.14. The molecule has 1 aliphatic carbocycles. The van der Waals surface area contributed by atoms with Gasteiger partial charge in [0.25, 0.3) is 0 Å². The van der Waals surface area contributed by atoms with Crippen LogP contribution in [-0.4, -0.2) is 20.8 Å². The maximum Gasteiger partial charge on any atom is 0.108 e. The van der Waals surface area contributed by atoms with Crippen LogP contribution in [0.2, 0.25) is 0 Å². The molecule has 2 rings (SSSR count). The van der Waals surface area contributed by atoms with Crippen LogP contribution < -0.4 is 0 Å². The number of hydrogen-bond acceptors (Lipinski definition) is 2. The van der Waals surface area contributed by atoms with E-state index < -0.39 is 0 Å². The van der Waals surface area contributed by atoms with Crippen LogP contribution in [0.1, 0.15) is 30.6 Å². The minimum absolute atomic E-state index is 0.160. The van der Waals surface area contributed by atoms with Gasteiger partial charge in [0, 0.05) is 25.6 Å². The number of fused-ring (bicyclic) bond motifs is 1. The minimum Gasteiger partial charge on any atom is -0.393 e. The summed E-state index contributed by atoms with van der Waals surface area (Å²) in [5.74, 6) is 1.14. The van der Waals surface area contributed by atoms with Crippen LogP contribution in [0.3, 0.4) is 0 Å². The number of aliphatic hydroxyl groups is 1. The first-order chi connectivity index (χ1) is 6.22. The van der Waals surface area contributed by atoms with Crippen LogP contribution in [0.4, 0.5) is 0 Å². The summed E-state index contributed by atoms with van der Waals surface area (Å²) in [5.41, 5.74) is 2.43. The van der Waals surface area contributed by atoms with E-state index in [-0.39, 0.29) is 6.10 Å². The molecular formula is C10H16N2O. The Labute approximate surface area is 78.4 Å². The third-order valence-corrected chi connectivity index (χ3v) is 2.85. The maximum absolute atomic E-state index is 9.52. The zero-order chi connectivity index (χ0) is 9.42. The molecule has 13 heavy (non-hydrogen) atoms. The Kier molecular flexibility index (Phi) is 2.12. The number of imidazole rings is 1. The fourth-order valence-corrected chi connectivity index (χ4v) is 2.04. The van der Waals surface area contributed by atoms with Gasteiger partial charge in [-0.3, -0.25) is 0 Å². The molecule has 1 unspecified atom stereocenters. The largest absolute Gasteiger partial charge is 0.393 e. The number of nitrogens with zero attached hydrogens (tertiary/aromatic N) is 2. The molecule has 1 atom stereocenters. The molecule has 1 N–H and O–H groups in total. The Morgan fingerprint density at radius 3 is 3.08 bits per heavy atom. The van der Waals surface area contributed by atoms with E-state index in [1.807, 2.05) is 7.05 Å². The molecule has 3 heteroatoms. The molecule has 0 aromatic carbocycles. The average Bonchev–Trinajstić information content (AvgIpc) is 2.44. The van der Waals surface area contributed by atoms with E-state index in [2.05, 4.69) is 16.5 Å². The topological polar surface area (TPSA) is 38.0 Å². The number of aryl methyl sites for hydroxylation is 2. The van der Waals surface area contributed by atoms with E-state index in [9.17, 15) is 5.11 Å². The zero-order valence-electron chi connectivity index (χ0n) is 8.25. The minimum atomic E-state index is -0.160. The third kappa shape index (κ3) is 1.37. The molecule has 72 valence electrons. The van der Waals surface area contributed by atoms with E-state index in [0.29, 0.717) is 0 Å². The molecule has 1 aromatic heterocycles. The monoisotopic (exact) mass is 180 g/mol. The van der Waals surface area contributed by atoms with Gasteiger partial charge in [0.05, 0.1) is 11.8 Å². The molecule has 0 spiro atoms. The Bertz CT molecular complexity index is 317. The second-order valence-electron chi connectivity index (χ2n) is 3.73. The Morgan fingerprint density at radius 2 is 2.38 bits per heavy atom. The van der Waals surface area contributed by atoms with E-state index >= 15 is 0 Å². The van der Waals surface area contributed by atoms with E-state index in [1.165, 1.54) is 11.4 Å². The molecule has 1 aliphatic rings. The summed E-state index contributed by atoms with van der Waals surface area (Å²) in [6.45, 7) is 2.12. The predicted molar refractivity (Wildman–Crippen MR) is 50.6 cm³/mol. The van der Waals surface area contributed by atoms with Gasteiger partial charge in [-0.2, -0.15) is 0 Å². The summed E-state index contributed by atoms with van der Waals surface area (Å²) in [5, 5.41) is 9.52. The average molecular weight is 180 g/mol. The van der Waals surface area contributed by atoms with Gasteiger partial charge in [-0.05, 0) is 12.8 Å². The molecular weight excluding hydrogens is 164 g/mol. The van der Waals surface area contributed by atoms with Gasteiger partial charge in [-0.15, -0.1) is 0 Å². The van der Waals surface area contributed by atoms with Crippen molar-refractivity contribution < 1.29 is 5.11 Å². The molecule has 0 radical (unpaired) electrons. The van der Waals surface area contributed by atoms with Crippen molar-refractivity contribution >= 4 is 0 Å². The first-order valence-electron chi connectivity index (χ1n) is 4.93. The van der Waals surface area contributed by atoms with Crippen molar-refractivity contribution in [2.24, 2.45) is 7.05 Å². The maximum atomic E-state index is 9.52. The Hall–Kier alpha value is -0.830. The highest BCUT2D eigenvalue weighted by molar-refractivity contribution is 5.21. The lowest BCUT2D eigenvalue weighted by atomic mass is 9.98.